The lowest BCUT2D eigenvalue weighted by molar-refractivity contribution is 0.0955. The molecule has 1 heterocycles. The molecule has 1 N–H and O–H groups in total. The molecule has 0 spiro atoms. The quantitative estimate of drug-likeness (QED) is 0.626. The van der Waals surface area contributed by atoms with Crippen LogP contribution in [0.2, 0.25) is 0 Å². The van der Waals surface area contributed by atoms with Crippen molar-refractivity contribution in [2.75, 3.05) is 13.1 Å². The minimum atomic E-state index is -3.64. The summed E-state index contributed by atoms with van der Waals surface area (Å²) in [4.78, 5) is 12.2. The van der Waals surface area contributed by atoms with E-state index >= 15 is 0 Å². The van der Waals surface area contributed by atoms with Crippen LogP contribution in [-0.2, 0) is 10.0 Å². The highest BCUT2D eigenvalue weighted by Gasteiger charge is 2.27. The van der Waals surface area contributed by atoms with Gasteiger partial charge in [-0.05, 0) is 43.2 Å². The number of hydrogen-bond donors (Lipinski definition) is 1. The second-order valence-electron chi connectivity index (χ2n) is 6.00. The number of hydrazone groups is 1. The van der Waals surface area contributed by atoms with Crippen molar-refractivity contribution >= 4 is 22.1 Å². The number of benzene rings is 2. The summed E-state index contributed by atoms with van der Waals surface area (Å²) in [6.07, 6.45) is 2.67. The van der Waals surface area contributed by atoms with E-state index in [0.29, 0.717) is 19.2 Å². The predicted octanol–water partition coefficient (Wildman–Crippen LogP) is 2.51. The van der Waals surface area contributed by atoms with E-state index in [1.165, 1.54) is 34.6 Å². The average molecular weight is 393 g/mol. The summed E-state index contributed by atoms with van der Waals surface area (Å²) < 4.78 is 52.9. The van der Waals surface area contributed by atoms with E-state index in [9.17, 15) is 22.0 Å². The Morgan fingerprint density at radius 1 is 1.11 bits per heavy atom. The lowest BCUT2D eigenvalue weighted by Gasteiger charge is -2.15. The molecule has 1 aliphatic heterocycles. The Balaban J connectivity index is 1.73. The van der Waals surface area contributed by atoms with E-state index in [4.69, 9.17) is 0 Å². The molecule has 0 bridgehead atoms. The predicted molar refractivity (Wildman–Crippen MR) is 95.9 cm³/mol. The Morgan fingerprint density at radius 3 is 2.56 bits per heavy atom. The standard InChI is InChI=1S/C18H17F2N3O3S/c19-15-7-6-14(17(20)11-15)12-21-22-18(24)13-4-3-5-16(10-13)27(25,26)23-8-1-2-9-23/h3-7,10-12H,1-2,8-9H2,(H,22,24)/b21-12+. The van der Waals surface area contributed by atoms with E-state index < -0.39 is 27.6 Å². The molecular formula is C18H17F2N3O3S. The smallest absolute Gasteiger partial charge is 0.267 e. The van der Waals surface area contributed by atoms with Crippen molar-refractivity contribution in [3.63, 3.8) is 0 Å². The van der Waals surface area contributed by atoms with E-state index in [1.54, 1.807) is 0 Å². The number of sulfonamides is 1. The molecule has 0 aliphatic carbocycles. The van der Waals surface area contributed by atoms with Gasteiger partial charge in [0.1, 0.15) is 11.6 Å². The molecule has 1 fully saturated rings. The molecule has 2 aromatic rings. The van der Waals surface area contributed by atoms with Crippen LogP contribution in [0, 0.1) is 11.6 Å². The zero-order valence-corrected chi connectivity index (χ0v) is 15.0. The fourth-order valence-corrected chi connectivity index (χ4v) is 4.27. The van der Waals surface area contributed by atoms with Crippen molar-refractivity contribution in [2.24, 2.45) is 5.10 Å². The van der Waals surface area contributed by atoms with Gasteiger partial charge in [0, 0.05) is 30.3 Å². The first-order chi connectivity index (χ1) is 12.9. The Kier molecular flexibility index (Phi) is 5.62. The highest BCUT2D eigenvalue weighted by Crippen LogP contribution is 2.21. The molecule has 0 unspecified atom stereocenters. The minimum absolute atomic E-state index is 0.00191. The number of amides is 1. The van der Waals surface area contributed by atoms with Crippen LogP contribution in [0.25, 0.3) is 0 Å². The number of rotatable bonds is 5. The molecular weight excluding hydrogens is 376 g/mol. The Hall–Kier alpha value is -2.65. The molecule has 6 nitrogen and oxygen atoms in total. The molecule has 1 aliphatic rings. The van der Waals surface area contributed by atoms with Crippen molar-refractivity contribution in [1.29, 1.82) is 0 Å². The van der Waals surface area contributed by atoms with Gasteiger partial charge in [-0.25, -0.2) is 22.6 Å². The number of hydrogen-bond acceptors (Lipinski definition) is 4. The van der Waals surface area contributed by atoms with Gasteiger partial charge in [0.2, 0.25) is 10.0 Å². The van der Waals surface area contributed by atoms with E-state index in [-0.39, 0.29) is 16.0 Å². The number of nitrogens with zero attached hydrogens (tertiary/aromatic N) is 2. The van der Waals surface area contributed by atoms with E-state index in [1.807, 2.05) is 0 Å². The summed E-state index contributed by atoms with van der Waals surface area (Å²) in [7, 11) is -3.64. The third-order valence-electron chi connectivity index (χ3n) is 4.13. The first-order valence-electron chi connectivity index (χ1n) is 8.26. The van der Waals surface area contributed by atoms with Gasteiger partial charge in [-0.15, -0.1) is 0 Å². The Bertz CT molecular complexity index is 987. The summed E-state index contributed by atoms with van der Waals surface area (Å²) in [6, 6.07) is 8.59. The van der Waals surface area contributed by atoms with Crippen molar-refractivity contribution in [1.82, 2.24) is 9.73 Å². The first kappa shape index (κ1) is 19.1. The van der Waals surface area contributed by atoms with Crippen molar-refractivity contribution in [3.05, 3.63) is 65.2 Å². The van der Waals surface area contributed by atoms with Crippen molar-refractivity contribution in [2.45, 2.75) is 17.7 Å². The SMILES string of the molecule is O=C(N/N=C/c1ccc(F)cc1F)c1cccc(S(=O)(=O)N2CCCC2)c1. The van der Waals surface area contributed by atoms with Gasteiger partial charge in [0.15, 0.2) is 0 Å². The highest BCUT2D eigenvalue weighted by atomic mass is 32.2. The van der Waals surface area contributed by atoms with Gasteiger partial charge >= 0.3 is 0 Å². The van der Waals surface area contributed by atoms with Crippen molar-refractivity contribution < 1.29 is 22.0 Å². The fraction of sp³-hybridized carbons (Fsp3) is 0.222. The second kappa shape index (κ2) is 7.93. The first-order valence-corrected chi connectivity index (χ1v) is 9.70. The number of halogens is 2. The molecule has 0 aromatic heterocycles. The van der Waals surface area contributed by atoms with E-state index in [0.717, 1.165) is 25.1 Å². The molecule has 1 amide bonds. The third-order valence-corrected chi connectivity index (χ3v) is 6.03. The van der Waals surface area contributed by atoms with Crippen LogP contribution in [-0.4, -0.2) is 37.9 Å². The van der Waals surface area contributed by atoms with E-state index in [2.05, 4.69) is 10.5 Å². The summed E-state index contributed by atoms with van der Waals surface area (Å²) in [5.41, 5.74) is 2.30. The van der Waals surface area contributed by atoms with Crippen molar-refractivity contribution in [3.8, 4) is 0 Å². The monoisotopic (exact) mass is 393 g/mol. The Morgan fingerprint density at radius 2 is 1.85 bits per heavy atom. The van der Waals surface area contributed by atoms with Crippen LogP contribution >= 0.6 is 0 Å². The average Bonchev–Trinajstić information content (AvgIpc) is 3.19. The van der Waals surface area contributed by atoms with Crippen LogP contribution in [0.1, 0.15) is 28.8 Å². The molecule has 0 atom stereocenters. The molecule has 9 heteroatoms. The summed E-state index contributed by atoms with van der Waals surface area (Å²) in [5.74, 6) is -2.18. The number of nitrogens with one attached hydrogen (secondary N) is 1. The number of carbonyl (C=O) groups excluding carboxylic acids is 1. The molecule has 0 saturated carbocycles. The van der Waals surface area contributed by atoms with Gasteiger partial charge in [0.05, 0.1) is 11.1 Å². The van der Waals surface area contributed by atoms with Gasteiger partial charge in [-0.2, -0.15) is 9.41 Å². The highest BCUT2D eigenvalue weighted by molar-refractivity contribution is 7.89. The maximum Gasteiger partial charge on any atom is 0.271 e. The van der Waals surface area contributed by atoms with Gasteiger partial charge in [-0.3, -0.25) is 4.79 Å². The van der Waals surface area contributed by atoms with Crippen LogP contribution in [0.5, 0.6) is 0 Å². The van der Waals surface area contributed by atoms with Gasteiger partial charge in [0.25, 0.3) is 5.91 Å². The topological polar surface area (TPSA) is 78.8 Å². The normalized spacial score (nSPS) is 15.3. The largest absolute Gasteiger partial charge is 0.271 e. The third kappa shape index (κ3) is 4.37. The molecule has 27 heavy (non-hydrogen) atoms. The molecule has 0 radical (unpaired) electrons. The van der Waals surface area contributed by atoms with Crippen LogP contribution < -0.4 is 5.43 Å². The fourth-order valence-electron chi connectivity index (χ4n) is 2.71. The summed E-state index contributed by atoms with van der Waals surface area (Å²) >= 11 is 0. The maximum absolute atomic E-state index is 13.5. The van der Waals surface area contributed by atoms with Gasteiger partial charge < -0.3 is 0 Å². The van der Waals surface area contributed by atoms with Gasteiger partial charge in [-0.1, -0.05) is 6.07 Å². The Labute approximate surface area is 155 Å². The van der Waals surface area contributed by atoms with Crippen LogP contribution in [0.4, 0.5) is 8.78 Å². The zero-order chi connectivity index (χ0) is 19.4. The molecule has 2 aromatic carbocycles. The van der Waals surface area contributed by atoms with Crippen LogP contribution in [0.3, 0.4) is 0 Å². The minimum Gasteiger partial charge on any atom is -0.267 e. The van der Waals surface area contributed by atoms with Crippen LogP contribution in [0.15, 0.2) is 52.5 Å². The lowest BCUT2D eigenvalue weighted by atomic mass is 10.2. The zero-order valence-electron chi connectivity index (χ0n) is 14.2. The molecule has 3 rings (SSSR count). The lowest BCUT2D eigenvalue weighted by Crippen LogP contribution is -2.28. The molecule has 142 valence electrons. The number of carbonyl (C=O) groups is 1. The summed E-state index contributed by atoms with van der Waals surface area (Å²) in [5, 5.41) is 3.63. The summed E-state index contributed by atoms with van der Waals surface area (Å²) in [6.45, 7) is 0.929. The second-order valence-corrected chi connectivity index (χ2v) is 7.94. The molecule has 1 saturated heterocycles. The maximum atomic E-state index is 13.5.